The van der Waals surface area contributed by atoms with Crippen molar-refractivity contribution in [2.45, 2.75) is 29.8 Å². The summed E-state index contributed by atoms with van der Waals surface area (Å²) in [6, 6.07) is 10.7. The van der Waals surface area contributed by atoms with Crippen molar-refractivity contribution in [3.05, 3.63) is 59.7 Å². The van der Waals surface area contributed by atoms with E-state index in [-0.39, 0.29) is 11.6 Å². The minimum Gasteiger partial charge on any atom is -0.275 e. The molecule has 0 aliphatic carbocycles. The number of carbonyl (C=O) groups is 1. The number of fused-ring (bicyclic) bond motifs is 2. The van der Waals surface area contributed by atoms with Crippen LogP contribution in [0.2, 0.25) is 0 Å². The number of allylic oxidation sites excluding steroid dienone is 1. The van der Waals surface area contributed by atoms with E-state index in [4.69, 9.17) is 0 Å². The Morgan fingerprint density at radius 3 is 2.38 bits per heavy atom. The van der Waals surface area contributed by atoms with E-state index in [0.717, 1.165) is 22.6 Å². The van der Waals surface area contributed by atoms with E-state index in [2.05, 4.69) is 0 Å². The van der Waals surface area contributed by atoms with Gasteiger partial charge in [-0.25, -0.2) is 0 Å². The summed E-state index contributed by atoms with van der Waals surface area (Å²) in [4.78, 5) is 15.5. The van der Waals surface area contributed by atoms with Gasteiger partial charge in [0, 0.05) is 15.9 Å². The summed E-state index contributed by atoms with van der Waals surface area (Å²) in [7, 11) is 0. The van der Waals surface area contributed by atoms with Gasteiger partial charge in [0.1, 0.15) is 0 Å². The highest BCUT2D eigenvalue weighted by Crippen LogP contribution is 2.49. The normalized spacial score (nSPS) is 13.1. The number of benzene rings is 2. The minimum absolute atomic E-state index is 0.260. The second-order valence-electron chi connectivity index (χ2n) is 5.65. The maximum absolute atomic E-state index is 13.1. The molecule has 1 amide bonds. The first-order valence-electron chi connectivity index (χ1n) is 7.24. The Morgan fingerprint density at radius 2 is 1.71 bits per heavy atom. The van der Waals surface area contributed by atoms with Crippen molar-refractivity contribution in [1.29, 1.82) is 0 Å². The summed E-state index contributed by atoms with van der Waals surface area (Å²) in [5, 5.41) is 0. The standard InChI is InChI=1S/C18H14F3NOS/c1-11(2)9-17(23)22-13-5-3-4-6-15(13)24-16-8-7-12(10-14(16)22)18(19,20)21/h3-10H,1-2H3. The van der Waals surface area contributed by atoms with Crippen molar-refractivity contribution >= 4 is 29.0 Å². The second kappa shape index (κ2) is 6.02. The van der Waals surface area contributed by atoms with Crippen LogP contribution in [-0.2, 0) is 11.0 Å². The Balaban J connectivity index is 2.20. The van der Waals surface area contributed by atoms with Crippen molar-refractivity contribution in [1.82, 2.24) is 0 Å². The van der Waals surface area contributed by atoms with Crippen LogP contribution in [-0.4, -0.2) is 5.91 Å². The number of alkyl halides is 3. The van der Waals surface area contributed by atoms with Crippen molar-refractivity contribution in [2.24, 2.45) is 0 Å². The van der Waals surface area contributed by atoms with Gasteiger partial charge in [-0.2, -0.15) is 13.2 Å². The number of para-hydroxylation sites is 1. The molecule has 6 heteroatoms. The average Bonchev–Trinajstić information content (AvgIpc) is 2.50. The molecular formula is C18H14F3NOS. The molecule has 0 radical (unpaired) electrons. The molecule has 124 valence electrons. The number of hydrogen-bond acceptors (Lipinski definition) is 2. The van der Waals surface area contributed by atoms with Gasteiger partial charge in [-0.05, 0) is 44.2 Å². The zero-order valence-corrected chi connectivity index (χ0v) is 13.8. The van der Waals surface area contributed by atoms with E-state index in [1.54, 1.807) is 26.0 Å². The topological polar surface area (TPSA) is 20.3 Å². The number of amides is 1. The van der Waals surface area contributed by atoms with E-state index in [0.29, 0.717) is 10.6 Å². The minimum atomic E-state index is -4.46. The van der Waals surface area contributed by atoms with Gasteiger partial charge in [0.15, 0.2) is 0 Å². The summed E-state index contributed by atoms with van der Waals surface area (Å²) >= 11 is 1.36. The number of rotatable bonds is 1. The molecule has 1 heterocycles. The highest BCUT2D eigenvalue weighted by molar-refractivity contribution is 7.99. The molecule has 0 N–H and O–H groups in total. The quantitative estimate of drug-likeness (QED) is 0.606. The molecule has 3 rings (SSSR count). The predicted octanol–water partition coefficient (Wildman–Crippen LogP) is 5.80. The Kier molecular flexibility index (Phi) is 4.17. The van der Waals surface area contributed by atoms with Crippen LogP contribution in [0.25, 0.3) is 0 Å². The summed E-state index contributed by atoms with van der Waals surface area (Å²) in [5.41, 5.74) is 0.869. The third-order valence-corrected chi connectivity index (χ3v) is 4.62. The first kappa shape index (κ1) is 16.6. The van der Waals surface area contributed by atoms with E-state index in [9.17, 15) is 18.0 Å². The van der Waals surface area contributed by atoms with Gasteiger partial charge < -0.3 is 0 Å². The Bertz CT molecular complexity index is 838. The Morgan fingerprint density at radius 1 is 1.04 bits per heavy atom. The zero-order valence-electron chi connectivity index (χ0n) is 13.0. The molecule has 24 heavy (non-hydrogen) atoms. The summed E-state index contributed by atoms with van der Waals surface area (Å²) < 4.78 is 39.2. The number of nitrogens with zero attached hydrogens (tertiary/aromatic N) is 1. The molecule has 0 bridgehead atoms. The molecule has 0 unspecified atom stereocenters. The zero-order chi connectivity index (χ0) is 17.5. The highest BCUT2D eigenvalue weighted by atomic mass is 32.2. The van der Waals surface area contributed by atoms with Crippen LogP contribution in [0.4, 0.5) is 24.5 Å². The van der Waals surface area contributed by atoms with E-state index in [1.165, 1.54) is 28.8 Å². The first-order chi connectivity index (χ1) is 11.3. The third-order valence-electron chi connectivity index (χ3n) is 3.49. The van der Waals surface area contributed by atoms with Crippen molar-refractivity contribution in [3.8, 4) is 0 Å². The molecule has 2 nitrogen and oxygen atoms in total. The molecule has 0 fully saturated rings. The Hall–Kier alpha value is -2.21. The number of anilines is 2. The van der Waals surface area contributed by atoms with E-state index < -0.39 is 11.7 Å². The fourth-order valence-corrected chi connectivity index (χ4v) is 3.52. The molecule has 0 saturated heterocycles. The monoisotopic (exact) mass is 349 g/mol. The fourth-order valence-electron chi connectivity index (χ4n) is 2.48. The second-order valence-corrected chi connectivity index (χ2v) is 6.73. The van der Waals surface area contributed by atoms with Crippen molar-refractivity contribution in [2.75, 3.05) is 4.90 Å². The average molecular weight is 349 g/mol. The molecule has 1 aliphatic heterocycles. The molecule has 2 aromatic rings. The number of halogens is 3. The summed E-state index contributed by atoms with van der Waals surface area (Å²) in [5.74, 6) is -0.358. The van der Waals surface area contributed by atoms with E-state index in [1.807, 2.05) is 12.1 Å². The van der Waals surface area contributed by atoms with Gasteiger partial charge in [-0.15, -0.1) is 0 Å². The van der Waals surface area contributed by atoms with E-state index >= 15 is 0 Å². The molecule has 2 aromatic carbocycles. The molecule has 0 saturated carbocycles. The van der Waals surface area contributed by atoms with Crippen molar-refractivity contribution in [3.63, 3.8) is 0 Å². The van der Waals surface area contributed by atoms with Crippen molar-refractivity contribution < 1.29 is 18.0 Å². The smallest absolute Gasteiger partial charge is 0.275 e. The van der Waals surface area contributed by atoms with Crippen LogP contribution in [0.1, 0.15) is 19.4 Å². The lowest BCUT2D eigenvalue weighted by molar-refractivity contribution is -0.137. The molecule has 0 atom stereocenters. The van der Waals surface area contributed by atoms with Gasteiger partial charge >= 0.3 is 6.18 Å². The summed E-state index contributed by atoms with van der Waals surface area (Å²) in [6.07, 6.45) is -3.03. The lowest BCUT2D eigenvalue weighted by Gasteiger charge is -2.31. The fraction of sp³-hybridized carbons (Fsp3) is 0.167. The lowest BCUT2D eigenvalue weighted by atomic mass is 10.1. The van der Waals surface area contributed by atoms with Crippen LogP contribution < -0.4 is 4.90 Å². The maximum atomic E-state index is 13.1. The lowest BCUT2D eigenvalue weighted by Crippen LogP contribution is -2.27. The predicted molar refractivity (Wildman–Crippen MR) is 88.6 cm³/mol. The van der Waals surface area contributed by atoms with Gasteiger partial charge in [0.25, 0.3) is 5.91 Å². The Labute approximate surface area is 142 Å². The first-order valence-corrected chi connectivity index (χ1v) is 8.06. The van der Waals surface area contributed by atoms with Gasteiger partial charge in [0.2, 0.25) is 0 Å². The number of carbonyl (C=O) groups excluding carboxylic acids is 1. The van der Waals surface area contributed by atoms with Gasteiger partial charge in [-0.3, -0.25) is 9.69 Å². The van der Waals surface area contributed by atoms with Crippen LogP contribution in [0.15, 0.2) is 63.9 Å². The van der Waals surface area contributed by atoms with Crippen LogP contribution in [0.5, 0.6) is 0 Å². The molecular weight excluding hydrogens is 335 g/mol. The molecule has 1 aliphatic rings. The largest absolute Gasteiger partial charge is 0.416 e. The van der Waals surface area contributed by atoms with Crippen LogP contribution in [0, 0.1) is 0 Å². The van der Waals surface area contributed by atoms with Gasteiger partial charge in [-0.1, -0.05) is 29.5 Å². The summed E-state index contributed by atoms with van der Waals surface area (Å²) in [6.45, 7) is 3.55. The third kappa shape index (κ3) is 3.06. The highest BCUT2D eigenvalue weighted by Gasteiger charge is 2.34. The SMILES string of the molecule is CC(C)=CC(=O)N1c2ccccc2Sc2ccc(C(F)(F)F)cc21. The van der Waals surface area contributed by atoms with Crippen LogP contribution >= 0.6 is 11.8 Å². The maximum Gasteiger partial charge on any atom is 0.416 e. The van der Waals surface area contributed by atoms with Gasteiger partial charge in [0.05, 0.1) is 16.9 Å². The molecule has 0 aromatic heterocycles. The number of hydrogen-bond donors (Lipinski definition) is 0. The molecule has 0 spiro atoms. The van der Waals surface area contributed by atoms with Crippen LogP contribution in [0.3, 0.4) is 0 Å².